The van der Waals surface area contributed by atoms with E-state index in [1.165, 1.54) is 17.4 Å². The van der Waals surface area contributed by atoms with E-state index in [4.69, 9.17) is 5.73 Å². The van der Waals surface area contributed by atoms with Crippen molar-refractivity contribution < 1.29 is 9.59 Å². The second-order valence-corrected chi connectivity index (χ2v) is 8.52. The number of hydrogen-bond acceptors (Lipinski definition) is 7. The van der Waals surface area contributed by atoms with Gasteiger partial charge in [0.25, 0.3) is 5.56 Å². The number of H-pyrrole nitrogens is 1. The first-order chi connectivity index (χ1) is 11.6. The minimum Gasteiger partial charge on any atom is -0.383 e. The van der Waals surface area contributed by atoms with Gasteiger partial charge in [-0.05, 0) is 12.1 Å². The van der Waals surface area contributed by atoms with Crippen LogP contribution in [-0.4, -0.2) is 27.4 Å². The second kappa shape index (κ2) is 7.83. The molecule has 2 heterocycles. The number of anilines is 1. The van der Waals surface area contributed by atoms with Gasteiger partial charge in [0, 0.05) is 16.4 Å². The lowest BCUT2D eigenvalue weighted by atomic mass is 9.96. The zero-order chi connectivity index (χ0) is 18.6. The molecular weight excluding hydrogens is 360 g/mol. The second-order valence-electron chi connectivity index (χ2n) is 6.39. The van der Waals surface area contributed by atoms with Gasteiger partial charge in [0.2, 0.25) is 5.91 Å². The fourth-order valence-electron chi connectivity index (χ4n) is 1.78. The van der Waals surface area contributed by atoms with Crippen LogP contribution in [-0.2, 0) is 11.3 Å². The molecule has 134 valence electrons. The van der Waals surface area contributed by atoms with E-state index in [9.17, 15) is 14.4 Å². The lowest BCUT2D eigenvalue weighted by Gasteiger charge is -2.17. The number of rotatable bonds is 6. The summed E-state index contributed by atoms with van der Waals surface area (Å²) in [6, 6.07) is 4.75. The van der Waals surface area contributed by atoms with E-state index in [0.717, 1.165) is 16.6 Å². The highest BCUT2D eigenvalue weighted by atomic mass is 32.2. The minimum absolute atomic E-state index is 0.0407. The summed E-state index contributed by atoms with van der Waals surface area (Å²) < 4.78 is 0. The molecule has 0 unspecified atom stereocenters. The maximum absolute atomic E-state index is 12.2. The number of hydrogen-bond donors (Lipinski definition) is 3. The first-order valence-corrected chi connectivity index (χ1v) is 9.35. The van der Waals surface area contributed by atoms with Crippen LogP contribution in [0.4, 0.5) is 5.82 Å². The lowest BCUT2D eigenvalue weighted by Crippen LogP contribution is -2.34. The number of nitrogens with two attached hydrogens (primary N) is 1. The molecule has 0 aliphatic rings. The summed E-state index contributed by atoms with van der Waals surface area (Å²) in [5.41, 5.74) is 4.70. The van der Waals surface area contributed by atoms with E-state index >= 15 is 0 Å². The monoisotopic (exact) mass is 380 g/mol. The van der Waals surface area contributed by atoms with Gasteiger partial charge in [0.15, 0.2) is 10.9 Å². The van der Waals surface area contributed by atoms with E-state index in [2.05, 4.69) is 15.3 Å². The fraction of sp³-hybridized carbons (Fsp3) is 0.375. The topological polar surface area (TPSA) is 118 Å². The average molecular weight is 380 g/mol. The Bertz CT molecular complexity index is 836. The largest absolute Gasteiger partial charge is 0.383 e. The smallest absolute Gasteiger partial charge is 0.253 e. The van der Waals surface area contributed by atoms with Crippen LogP contribution >= 0.6 is 23.1 Å². The molecule has 0 saturated carbocycles. The maximum Gasteiger partial charge on any atom is 0.253 e. The predicted octanol–water partition coefficient (Wildman–Crippen LogP) is 2.05. The Morgan fingerprint density at radius 3 is 2.72 bits per heavy atom. The van der Waals surface area contributed by atoms with Crippen LogP contribution in [0.15, 0.2) is 28.2 Å². The summed E-state index contributed by atoms with van der Waals surface area (Å²) in [5, 5.41) is 3.17. The lowest BCUT2D eigenvalue weighted by molar-refractivity contribution is -0.128. The van der Waals surface area contributed by atoms with Crippen molar-refractivity contribution in [1.29, 1.82) is 0 Å². The molecule has 0 spiro atoms. The minimum atomic E-state index is -0.450. The van der Waals surface area contributed by atoms with Crippen molar-refractivity contribution in [2.45, 2.75) is 32.5 Å². The van der Waals surface area contributed by atoms with Crippen LogP contribution in [0, 0.1) is 5.41 Å². The molecule has 0 atom stereocenters. The molecular formula is C16H20N4O3S2. The molecule has 2 rings (SSSR count). The van der Waals surface area contributed by atoms with Crippen molar-refractivity contribution >= 4 is 40.6 Å². The van der Waals surface area contributed by atoms with Gasteiger partial charge in [-0.2, -0.15) is 0 Å². The standard InChI is InChI=1S/C16H20N4O3S2/c1-16(2,3)14(23)18-7-9-4-5-11(25-9)10(21)8-24-15-19-12(17)6-13(22)20-15/h4-6H,7-8H2,1-3H3,(H,18,23)(H3,17,19,20,22). The third-order valence-corrected chi connectivity index (χ3v) is 5.12. The van der Waals surface area contributed by atoms with Crippen molar-refractivity contribution in [2.75, 3.05) is 11.5 Å². The molecule has 2 aromatic rings. The van der Waals surface area contributed by atoms with Crippen molar-refractivity contribution in [2.24, 2.45) is 5.41 Å². The van der Waals surface area contributed by atoms with Crippen LogP contribution in [0.3, 0.4) is 0 Å². The molecule has 1 amide bonds. The van der Waals surface area contributed by atoms with Gasteiger partial charge < -0.3 is 16.0 Å². The number of thioether (sulfide) groups is 1. The SMILES string of the molecule is CC(C)(C)C(=O)NCc1ccc(C(=O)CSc2nc(N)cc(=O)[nH]2)s1. The van der Waals surface area contributed by atoms with Crippen molar-refractivity contribution in [3.8, 4) is 0 Å². The number of amides is 1. The van der Waals surface area contributed by atoms with Crippen molar-refractivity contribution in [3.05, 3.63) is 38.3 Å². The van der Waals surface area contributed by atoms with E-state index < -0.39 is 5.41 Å². The van der Waals surface area contributed by atoms with Gasteiger partial charge >= 0.3 is 0 Å². The Labute approximate surface area is 153 Å². The highest BCUT2D eigenvalue weighted by Crippen LogP contribution is 2.21. The number of thiophene rings is 1. The third-order valence-electron chi connectivity index (χ3n) is 3.12. The normalized spacial score (nSPS) is 11.3. The van der Waals surface area contributed by atoms with Gasteiger partial charge in [-0.25, -0.2) is 4.98 Å². The number of nitrogens with one attached hydrogen (secondary N) is 2. The van der Waals surface area contributed by atoms with Gasteiger partial charge in [-0.1, -0.05) is 32.5 Å². The molecule has 0 aliphatic carbocycles. The molecule has 0 bridgehead atoms. The highest BCUT2D eigenvalue weighted by molar-refractivity contribution is 7.99. The summed E-state index contributed by atoms with van der Waals surface area (Å²) in [6.45, 7) is 5.93. The first kappa shape index (κ1) is 19.2. The molecule has 4 N–H and O–H groups in total. The molecule has 0 saturated heterocycles. The van der Waals surface area contributed by atoms with E-state index in [1.54, 1.807) is 6.07 Å². The van der Waals surface area contributed by atoms with Crippen LogP contribution < -0.4 is 16.6 Å². The molecule has 25 heavy (non-hydrogen) atoms. The zero-order valence-corrected chi connectivity index (χ0v) is 15.8. The van der Waals surface area contributed by atoms with E-state index in [-0.39, 0.29) is 28.8 Å². The highest BCUT2D eigenvalue weighted by Gasteiger charge is 2.21. The Morgan fingerprint density at radius 2 is 2.08 bits per heavy atom. The van der Waals surface area contributed by atoms with Gasteiger partial charge in [-0.3, -0.25) is 14.4 Å². The number of aromatic amines is 1. The van der Waals surface area contributed by atoms with Gasteiger partial charge in [-0.15, -0.1) is 11.3 Å². The van der Waals surface area contributed by atoms with E-state index in [0.29, 0.717) is 16.6 Å². The quantitative estimate of drug-likeness (QED) is 0.401. The summed E-state index contributed by atoms with van der Waals surface area (Å²) in [7, 11) is 0. The molecule has 0 aromatic carbocycles. The number of aromatic nitrogens is 2. The Balaban J connectivity index is 1.91. The van der Waals surface area contributed by atoms with Crippen LogP contribution in [0.2, 0.25) is 0 Å². The average Bonchev–Trinajstić information content (AvgIpc) is 2.97. The Morgan fingerprint density at radius 1 is 1.36 bits per heavy atom. The summed E-state index contributed by atoms with van der Waals surface area (Å²) in [5.74, 6) is 0.141. The van der Waals surface area contributed by atoms with E-state index in [1.807, 2.05) is 26.8 Å². The predicted molar refractivity (Wildman–Crippen MR) is 99.9 cm³/mol. The molecule has 0 radical (unpaired) electrons. The summed E-state index contributed by atoms with van der Waals surface area (Å²) in [6.07, 6.45) is 0. The number of nitrogen functional groups attached to an aromatic ring is 1. The third kappa shape index (κ3) is 5.71. The maximum atomic E-state index is 12.2. The molecule has 2 aromatic heterocycles. The fourth-order valence-corrected chi connectivity index (χ4v) is 3.52. The molecule has 9 heteroatoms. The number of ketones is 1. The number of nitrogens with zero attached hydrogens (tertiary/aromatic N) is 1. The van der Waals surface area contributed by atoms with Gasteiger partial charge in [0.05, 0.1) is 17.2 Å². The number of Topliss-reactive ketones (excluding diaryl/α,β-unsaturated/α-hetero) is 1. The Hall–Kier alpha value is -2.13. The van der Waals surface area contributed by atoms with Crippen LogP contribution in [0.25, 0.3) is 0 Å². The summed E-state index contributed by atoms with van der Waals surface area (Å²) >= 11 is 2.46. The first-order valence-electron chi connectivity index (χ1n) is 7.55. The van der Waals surface area contributed by atoms with Gasteiger partial charge in [0.1, 0.15) is 5.82 Å². The Kier molecular flexibility index (Phi) is 6.02. The molecule has 7 nitrogen and oxygen atoms in total. The molecule has 0 aliphatic heterocycles. The van der Waals surface area contributed by atoms with Crippen LogP contribution in [0.1, 0.15) is 35.3 Å². The molecule has 0 fully saturated rings. The van der Waals surface area contributed by atoms with Crippen molar-refractivity contribution in [1.82, 2.24) is 15.3 Å². The van der Waals surface area contributed by atoms with Crippen molar-refractivity contribution in [3.63, 3.8) is 0 Å². The summed E-state index contributed by atoms with van der Waals surface area (Å²) in [4.78, 5) is 43.4. The number of carbonyl (C=O) groups excluding carboxylic acids is 2. The van der Waals surface area contributed by atoms with Crippen LogP contribution in [0.5, 0.6) is 0 Å². The zero-order valence-electron chi connectivity index (χ0n) is 14.2. The number of carbonyl (C=O) groups is 2.